The number of hydrogen-bond donors (Lipinski definition) is 2. The van der Waals surface area contributed by atoms with Crippen LogP contribution in [0.1, 0.15) is 24.1 Å². The second-order valence-electron chi connectivity index (χ2n) is 6.17. The van der Waals surface area contributed by atoms with Crippen LogP contribution >= 0.6 is 11.6 Å². The Morgan fingerprint density at radius 3 is 2.62 bits per heavy atom. The van der Waals surface area contributed by atoms with E-state index in [-0.39, 0.29) is 5.56 Å². The van der Waals surface area contributed by atoms with Crippen molar-refractivity contribution in [1.82, 2.24) is 15.2 Å². The van der Waals surface area contributed by atoms with Crippen LogP contribution in [0.25, 0.3) is 0 Å². The summed E-state index contributed by atoms with van der Waals surface area (Å²) in [5.41, 5.74) is 2.27. The molecule has 26 heavy (non-hydrogen) atoms. The summed E-state index contributed by atoms with van der Waals surface area (Å²) >= 11 is 6.00. The highest BCUT2D eigenvalue weighted by atomic mass is 35.5. The molecule has 0 amide bonds. The summed E-state index contributed by atoms with van der Waals surface area (Å²) in [5.74, 6) is 0.792. The molecule has 2 rings (SSSR count). The molecular formula is C20H27ClN4O. The van der Waals surface area contributed by atoms with E-state index in [9.17, 15) is 4.79 Å². The maximum Gasteiger partial charge on any atom is 0.250 e. The molecule has 1 aromatic carbocycles. The van der Waals surface area contributed by atoms with E-state index < -0.39 is 0 Å². The Hall–Kier alpha value is -2.27. The molecule has 0 saturated carbocycles. The second kappa shape index (κ2) is 10.7. The fourth-order valence-corrected chi connectivity index (χ4v) is 2.96. The van der Waals surface area contributed by atoms with E-state index in [2.05, 4.69) is 21.7 Å². The van der Waals surface area contributed by atoms with E-state index in [1.165, 1.54) is 5.56 Å². The first-order valence-corrected chi connectivity index (χ1v) is 9.33. The lowest BCUT2D eigenvalue weighted by Gasteiger charge is -2.13. The lowest BCUT2D eigenvalue weighted by atomic mass is 10.1. The summed E-state index contributed by atoms with van der Waals surface area (Å²) in [7, 11) is 1.77. The normalized spacial score (nSPS) is 11.4. The minimum atomic E-state index is 0.0662. The summed E-state index contributed by atoms with van der Waals surface area (Å²) in [5, 5.41) is 7.37. The Bertz CT molecular complexity index is 785. The number of rotatable bonds is 8. The average Bonchev–Trinajstić information content (AvgIpc) is 2.62. The van der Waals surface area contributed by atoms with Crippen molar-refractivity contribution >= 4 is 17.6 Å². The molecule has 5 nitrogen and oxygen atoms in total. The topological polar surface area (TPSA) is 58.4 Å². The summed E-state index contributed by atoms with van der Waals surface area (Å²) in [6.07, 6.45) is 2.80. The number of guanidine groups is 1. The number of nitrogens with zero attached hydrogens (tertiary/aromatic N) is 2. The lowest BCUT2D eigenvalue weighted by Crippen LogP contribution is -2.38. The van der Waals surface area contributed by atoms with Gasteiger partial charge in [-0.1, -0.05) is 29.8 Å². The number of aryl methyl sites for hydroxylation is 1. The van der Waals surface area contributed by atoms with Gasteiger partial charge in [0.15, 0.2) is 5.96 Å². The Balaban J connectivity index is 1.65. The van der Waals surface area contributed by atoms with Crippen LogP contribution in [0.4, 0.5) is 0 Å². The number of benzene rings is 1. The van der Waals surface area contributed by atoms with Crippen molar-refractivity contribution in [3.8, 4) is 0 Å². The van der Waals surface area contributed by atoms with Crippen LogP contribution in [0, 0.1) is 6.92 Å². The highest BCUT2D eigenvalue weighted by molar-refractivity contribution is 6.30. The fraction of sp³-hybridized carbons (Fsp3) is 0.400. The molecule has 0 spiro atoms. The summed E-state index contributed by atoms with van der Waals surface area (Å²) in [4.78, 5) is 16.1. The quantitative estimate of drug-likeness (QED) is 0.424. The third-order valence-corrected chi connectivity index (χ3v) is 4.42. The maximum atomic E-state index is 11.8. The van der Waals surface area contributed by atoms with Gasteiger partial charge in [0.2, 0.25) is 0 Å². The van der Waals surface area contributed by atoms with Crippen LogP contribution in [-0.4, -0.2) is 30.7 Å². The van der Waals surface area contributed by atoms with Gasteiger partial charge in [-0.2, -0.15) is 0 Å². The Morgan fingerprint density at radius 1 is 1.12 bits per heavy atom. The van der Waals surface area contributed by atoms with E-state index in [1.54, 1.807) is 19.2 Å². The molecule has 0 unspecified atom stereocenters. The molecule has 0 radical (unpaired) electrons. The first kappa shape index (κ1) is 20.0. The van der Waals surface area contributed by atoms with Crippen LogP contribution in [0.2, 0.25) is 5.02 Å². The van der Waals surface area contributed by atoms with E-state index in [1.807, 2.05) is 35.8 Å². The summed E-state index contributed by atoms with van der Waals surface area (Å²) < 4.78 is 1.82. The number of pyridine rings is 1. The van der Waals surface area contributed by atoms with Crippen molar-refractivity contribution in [2.75, 3.05) is 20.1 Å². The minimum Gasteiger partial charge on any atom is -0.356 e. The van der Waals surface area contributed by atoms with Gasteiger partial charge in [-0.25, -0.2) is 0 Å². The summed E-state index contributed by atoms with van der Waals surface area (Å²) in [6, 6.07) is 13.3. The Morgan fingerprint density at radius 2 is 1.88 bits per heavy atom. The number of hydrogen-bond acceptors (Lipinski definition) is 2. The van der Waals surface area contributed by atoms with Crippen molar-refractivity contribution in [3.63, 3.8) is 0 Å². The maximum absolute atomic E-state index is 11.8. The third kappa shape index (κ3) is 6.56. The molecule has 1 aromatic heterocycles. The van der Waals surface area contributed by atoms with Crippen molar-refractivity contribution in [2.45, 2.75) is 32.7 Å². The van der Waals surface area contributed by atoms with Crippen LogP contribution in [0.3, 0.4) is 0 Å². The van der Waals surface area contributed by atoms with Crippen LogP contribution in [0.5, 0.6) is 0 Å². The van der Waals surface area contributed by atoms with Gasteiger partial charge in [-0.3, -0.25) is 9.79 Å². The highest BCUT2D eigenvalue weighted by Crippen LogP contribution is 2.10. The number of halogens is 1. The minimum absolute atomic E-state index is 0.0662. The molecule has 140 valence electrons. The SMILES string of the molecule is CN=C(NCCCCn1c(C)cccc1=O)NCCc1cccc(Cl)c1. The molecule has 1 heterocycles. The standard InChI is InChI=1S/C20H27ClN4O/c1-16-7-5-10-19(26)25(16)14-4-3-12-23-20(22-2)24-13-11-17-8-6-9-18(21)15-17/h5-10,15H,3-4,11-14H2,1-2H3,(H2,22,23,24). The van der Waals surface area contributed by atoms with Gasteiger partial charge in [-0.05, 0) is 49.9 Å². The first-order valence-electron chi connectivity index (χ1n) is 8.95. The van der Waals surface area contributed by atoms with E-state index >= 15 is 0 Å². The smallest absolute Gasteiger partial charge is 0.250 e. The van der Waals surface area contributed by atoms with Gasteiger partial charge < -0.3 is 15.2 Å². The molecule has 0 fully saturated rings. The molecule has 0 aliphatic carbocycles. The Kier molecular flexibility index (Phi) is 8.22. The van der Waals surface area contributed by atoms with Gasteiger partial charge in [0.25, 0.3) is 5.56 Å². The molecule has 0 atom stereocenters. The highest BCUT2D eigenvalue weighted by Gasteiger charge is 2.01. The zero-order chi connectivity index (χ0) is 18.8. The second-order valence-corrected chi connectivity index (χ2v) is 6.61. The zero-order valence-electron chi connectivity index (χ0n) is 15.5. The van der Waals surface area contributed by atoms with Crippen molar-refractivity contribution < 1.29 is 0 Å². The van der Waals surface area contributed by atoms with E-state index in [0.29, 0.717) is 0 Å². The van der Waals surface area contributed by atoms with Gasteiger partial charge in [0, 0.05) is 43.5 Å². The summed E-state index contributed by atoms with van der Waals surface area (Å²) in [6.45, 7) is 4.31. The predicted molar refractivity (Wildman–Crippen MR) is 109 cm³/mol. The molecule has 2 aromatic rings. The monoisotopic (exact) mass is 374 g/mol. The number of nitrogens with one attached hydrogen (secondary N) is 2. The van der Waals surface area contributed by atoms with Crippen LogP contribution in [0.15, 0.2) is 52.3 Å². The number of aromatic nitrogens is 1. The van der Waals surface area contributed by atoms with Gasteiger partial charge >= 0.3 is 0 Å². The van der Waals surface area contributed by atoms with Gasteiger partial charge in [0.1, 0.15) is 0 Å². The van der Waals surface area contributed by atoms with Crippen molar-refractivity contribution in [3.05, 3.63) is 69.1 Å². The molecule has 0 aliphatic heterocycles. The Labute approximate surface area is 160 Å². The fourth-order valence-electron chi connectivity index (χ4n) is 2.75. The average molecular weight is 375 g/mol. The van der Waals surface area contributed by atoms with Gasteiger partial charge in [0.05, 0.1) is 0 Å². The zero-order valence-corrected chi connectivity index (χ0v) is 16.2. The van der Waals surface area contributed by atoms with E-state index in [4.69, 9.17) is 11.6 Å². The van der Waals surface area contributed by atoms with Gasteiger partial charge in [-0.15, -0.1) is 0 Å². The molecular weight excluding hydrogens is 348 g/mol. The first-order chi connectivity index (χ1) is 12.6. The molecule has 0 saturated heterocycles. The van der Waals surface area contributed by atoms with Crippen LogP contribution in [-0.2, 0) is 13.0 Å². The van der Waals surface area contributed by atoms with Crippen LogP contribution < -0.4 is 16.2 Å². The molecule has 0 bridgehead atoms. The molecule has 6 heteroatoms. The number of unbranched alkanes of at least 4 members (excludes halogenated alkanes) is 1. The molecule has 0 aliphatic rings. The predicted octanol–water partition coefficient (Wildman–Crippen LogP) is 3.00. The molecule has 2 N–H and O–H groups in total. The van der Waals surface area contributed by atoms with Crippen molar-refractivity contribution in [1.29, 1.82) is 0 Å². The van der Waals surface area contributed by atoms with Crippen molar-refractivity contribution in [2.24, 2.45) is 4.99 Å². The lowest BCUT2D eigenvalue weighted by molar-refractivity contribution is 0.575. The largest absolute Gasteiger partial charge is 0.356 e. The van der Waals surface area contributed by atoms with E-state index in [0.717, 1.165) is 55.6 Å². The third-order valence-electron chi connectivity index (χ3n) is 4.19. The number of aliphatic imine (C=N–C) groups is 1.